The highest BCUT2D eigenvalue weighted by Gasteiger charge is 2.26. The van der Waals surface area contributed by atoms with Gasteiger partial charge in [0.15, 0.2) is 0 Å². The zero-order chi connectivity index (χ0) is 24.6. The Morgan fingerprint density at radius 1 is 1.03 bits per heavy atom. The summed E-state index contributed by atoms with van der Waals surface area (Å²) in [4.78, 5) is 27.9. The fourth-order valence-electron chi connectivity index (χ4n) is 4.41. The van der Waals surface area contributed by atoms with E-state index in [1.165, 1.54) is 23.3 Å². The average molecular weight is 493 g/mol. The molecule has 7 nitrogen and oxygen atoms in total. The summed E-state index contributed by atoms with van der Waals surface area (Å²) in [6, 6.07) is 15.8. The Morgan fingerprint density at radius 3 is 2.43 bits per heavy atom. The van der Waals surface area contributed by atoms with Gasteiger partial charge in [0, 0.05) is 24.6 Å². The van der Waals surface area contributed by atoms with Crippen LogP contribution in [0.4, 0.5) is 5.13 Å². The van der Waals surface area contributed by atoms with Crippen LogP contribution in [0.1, 0.15) is 49.7 Å². The molecule has 3 aromatic rings. The van der Waals surface area contributed by atoms with E-state index in [0.29, 0.717) is 18.1 Å². The van der Waals surface area contributed by atoms with Crippen LogP contribution in [0, 0.1) is 6.92 Å². The highest BCUT2D eigenvalue weighted by Crippen LogP contribution is 2.27. The predicted octanol–water partition coefficient (Wildman–Crippen LogP) is 5.25. The van der Waals surface area contributed by atoms with Gasteiger partial charge >= 0.3 is 0 Å². The lowest BCUT2D eigenvalue weighted by molar-refractivity contribution is -0.134. The summed E-state index contributed by atoms with van der Waals surface area (Å²) >= 11 is 1.35. The van der Waals surface area contributed by atoms with Gasteiger partial charge in [-0.15, -0.1) is 10.2 Å². The molecule has 35 heavy (non-hydrogen) atoms. The number of benzene rings is 2. The van der Waals surface area contributed by atoms with E-state index in [2.05, 4.69) is 15.5 Å². The number of ether oxygens (including phenoxy) is 1. The molecule has 1 aromatic heterocycles. The minimum absolute atomic E-state index is 0.0624. The predicted molar refractivity (Wildman–Crippen MR) is 139 cm³/mol. The van der Waals surface area contributed by atoms with E-state index >= 15 is 0 Å². The highest BCUT2D eigenvalue weighted by molar-refractivity contribution is 7.18. The number of nitrogens with one attached hydrogen (secondary N) is 1. The minimum Gasteiger partial charge on any atom is -0.497 e. The maximum atomic E-state index is 13.3. The number of amides is 2. The van der Waals surface area contributed by atoms with Crippen molar-refractivity contribution in [3.8, 4) is 16.3 Å². The summed E-state index contributed by atoms with van der Waals surface area (Å²) < 4.78 is 5.21. The quantitative estimate of drug-likeness (QED) is 0.441. The molecule has 0 bridgehead atoms. The van der Waals surface area contributed by atoms with E-state index in [1.807, 2.05) is 60.4 Å². The number of aryl methyl sites for hydroxylation is 1. The molecule has 184 valence electrons. The van der Waals surface area contributed by atoms with Crippen LogP contribution in [0.2, 0.25) is 0 Å². The Hall–Kier alpha value is -3.26. The Labute approximate surface area is 210 Å². The smallest absolute Gasteiger partial charge is 0.227 e. The molecule has 1 aliphatic rings. The number of aromatic nitrogens is 2. The zero-order valence-electron chi connectivity index (χ0n) is 20.3. The van der Waals surface area contributed by atoms with Crippen molar-refractivity contribution in [2.24, 2.45) is 0 Å². The number of hydrogen-bond acceptors (Lipinski definition) is 6. The van der Waals surface area contributed by atoms with E-state index in [-0.39, 0.29) is 24.3 Å². The summed E-state index contributed by atoms with van der Waals surface area (Å²) in [5.41, 5.74) is 3.09. The fourth-order valence-corrected chi connectivity index (χ4v) is 5.18. The number of carbonyl (C=O) groups excluding carboxylic acids is 2. The number of nitrogens with zero attached hydrogens (tertiary/aromatic N) is 3. The van der Waals surface area contributed by atoms with Gasteiger partial charge in [-0.05, 0) is 37.5 Å². The van der Waals surface area contributed by atoms with Crippen LogP contribution in [-0.4, -0.2) is 46.6 Å². The van der Waals surface area contributed by atoms with Crippen molar-refractivity contribution in [3.05, 3.63) is 59.7 Å². The number of rotatable bonds is 9. The van der Waals surface area contributed by atoms with Gasteiger partial charge in [-0.1, -0.05) is 72.6 Å². The molecule has 0 unspecified atom stereocenters. The first-order valence-electron chi connectivity index (χ1n) is 12.1. The Morgan fingerprint density at radius 2 is 1.74 bits per heavy atom. The van der Waals surface area contributed by atoms with Crippen LogP contribution in [0.15, 0.2) is 48.5 Å². The molecule has 1 N–H and O–H groups in total. The van der Waals surface area contributed by atoms with Crippen molar-refractivity contribution in [2.75, 3.05) is 19.0 Å². The van der Waals surface area contributed by atoms with E-state index in [4.69, 9.17) is 4.74 Å². The standard InChI is InChI=1S/C27H32N4O3S/c1-19-8-12-21(13-9-19)26-29-30-27(35-26)28-24(32)16-17-31(22-6-4-3-5-7-22)25(33)18-20-10-14-23(34-2)15-11-20/h8-15,22H,3-7,16-18H2,1-2H3,(H,28,30,32). The second-order valence-electron chi connectivity index (χ2n) is 8.98. The van der Waals surface area contributed by atoms with Crippen LogP contribution in [0.3, 0.4) is 0 Å². The van der Waals surface area contributed by atoms with Crippen molar-refractivity contribution in [1.29, 1.82) is 0 Å². The zero-order valence-corrected chi connectivity index (χ0v) is 21.1. The molecular formula is C27H32N4O3S. The van der Waals surface area contributed by atoms with Crippen LogP contribution in [-0.2, 0) is 16.0 Å². The molecule has 1 heterocycles. The summed E-state index contributed by atoms with van der Waals surface area (Å²) in [5.74, 6) is 0.673. The Balaban J connectivity index is 1.36. The normalized spacial score (nSPS) is 13.9. The lowest BCUT2D eigenvalue weighted by atomic mass is 9.93. The number of anilines is 1. The molecule has 1 aliphatic carbocycles. The van der Waals surface area contributed by atoms with Crippen molar-refractivity contribution in [2.45, 2.75) is 57.9 Å². The number of hydrogen-bond donors (Lipinski definition) is 1. The second-order valence-corrected chi connectivity index (χ2v) is 9.96. The number of methoxy groups -OCH3 is 1. The molecule has 0 saturated heterocycles. The van der Waals surface area contributed by atoms with Crippen LogP contribution in [0.5, 0.6) is 5.75 Å². The van der Waals surface area contributed by atoms with Crippen LogP contribution in [0.25, 0.3) is 10.6 Å². The molecule has 0 atom stereocenters. The Kier molecular flexibility index (Phi) is 8.47. The molecule has 2 aromatic carbocycles. The summed E-state index contributed by atoms with van der Waals surface area (Å²) in [6.07, 6.45) is 5.98. The molecule has 8 heteroatoms. The first-order chi connectivity index (χ1) is 17.0. The van der Waals surface area contributed by atoms with Gasteiger partial charge < -0.3 is 15.0 Å². The van der Waals surface area contributed by atoms with Gasteiger partial charge in [-0.2, -0.15) is 0 Å². The lowest BCUT2D eigenvalue weighted by Gasteiger charge is -2.34. The third kappa shape index (κ3) is 6.88. The Bertz CT molecular complexity index is 1120. The van der Waals surface area contributed by atoms with Gasteiger partial charge in [-0.3, -0.25) is 9.59 Å². The van der Waals surface area contributed by atoms with Gasteiger partial charge in [0.1, 0.15) is 10.8 Å². The van der Waals surface area contributed by atoms with Crippen LogP contribution < -0.4 is 10.1 Å². The SMILES string of the molecule is COc1ccc(CC(=O)N(CCC(=O)Nc2nnc(-c3ccc(C)cc3)s2)C2CCCCC2)cc1. The van der Waals surface area contributed by atoms with Crippen molar-refractivity contribution >= 4 is 28.3 Å². The molecule has 2 amide bonds. The highest BCUT2D eigenvalue weighted by atomic mass is 32.1. The lowest BCUT2D eigenvalue weighted by Crippen LogP contribution is -2.43. The van der Waals surface area contributed by atoms with E-state index in [1.54, 1.807) is 7.11 Å². The topological polar surface area (TPSA) is 84.4 Å². The van der Waals surface area contributed by atoms with E-state index in [9.17, 15) is 9.59 Å². The van der Waals surface area contributed by atoms with Crippen molar-refractivity contribution < 1.29 is 14.3 Å². The number of carbonyl (C=O) groups is 2. The minimum atomic E-state index is -0.158. The molecule has 4 rings (SSSR count). The second kappa shape index (κ2) is 11.9. The molecular weight excluding hydrogens is 460 g/mol. The first kappa shape index (κ1) is 24.9. The van der Waals surface area contributed by atoms with E-state index < -0.39 is 0 Å². The maximum absolute atomic E-state index is 13.3. The average Bonchev–Trinajstić information content (AvgIpc) is 3.34. The van der Waals surface area contributed by atoms with Crippen molar-refractivity contribution in [1.82, 2.24) is 15.1 Å². The van der Waals surface area contributed by atoms with Gasteiger partial charge in [0.25, 0.3) is 0 Å². The molecule has 1 saturated carbocycles. The summed E-state index contributed by atoms with van der Waals surface area (Å²) in [7, 11) is 1.63. The van der Waals surface area contributed by atoms with Crippen molar-refractivity contribution in [3.63, 3.8) is 0 Å². The third-order valence-corrected chi connectivity index (χ3v) is 7.29. The maximum Gasteiger partial charge on any atom is 0.227 e. The largest absolute Gasteiger partial charge is 0.497 e. The van der Waals surface area contributed by atoms with Gasteiger partial charge in [0.2, 0.25) is 16.9 Å². The van der Waals surface area contributed by atoms with Gasteiger partial charge in [-0.25, -0.2) is 0 Å². The van der Waals surface area contributed by atoms with Gasteiger partial charge in [0.05, 0.1) is 13.5 Å². The summed E-state index contributed by atoms with van der Waals surface area (Å²) in [6.45, 7) is 2.43. The first-order valence-corrected chi connectivity index (χ1v) is 13.0. The molecule has 0 radical (unpaired) electrons. The molecule has 0 aliphatic heterocycles. The fraction of sp³-hybridized carbons (Fsp3) is 0.407. The summed E-state index contributed by atoms with van der Waals surface area (Å²) in [5, 5.41) is 12.4. The monoisotopic (exact) mass is 492 g/mol. The molecule has 1 fully saturated rings. The molecule has 0 spiro atoms. The third-order valence-electron chi connectivity index (χ3n) is 6.40. The van der Waals surface area contributed by atoms with Crippen LogP contribution >= 0.6 is 11.3 Å². The van der Waals surface area contributed by atoms with E-state index in [0.717, 1.165) is 47.6 Å².